The normalized spacial score (nSPS) is 11.7. The van der Waals surface area contributed by atoms with E-state index in [-0.39, 0.29) is 5.69 Å². The molecular weight excluding hydrogens is 284 g/mol. The molecular formula is C15H12N4OS. The Balaban J connectivity index is 2.15. The van der Waals surface area contributed by atoms with E-state index in [2.05, 4.69) is 21.5 Å². The van der Waals surface area contributed by atoms with Crippen molar-refractivity contribution in [3.63, 3.8) is 0 Å². The van der Waals surface area contributed by atoms with Gasteiger partial charge in [0.05, 0.1) is 16.4 Å². The van der Waals surface area contributed by atoms with E-state index in [1.54, 1.807) is 6.08 Å². The van der Waals surface area contributed by atoms with Crippen molar-refractivity contribution < 1.29 is 4.79 Å². The fraction of sp³-hybridized carbons (Fsp3) is 0.0667. The van der Waals surface area contributed by atoms with E-state index in [4.69, 9.17) is 0 Å². The van der Waals surface area contributed by atoms with Crippen LogP contribution in [0.2, 0.25) is 0 Å². The van der Waals surface area contributed by atoms with Gasteiger partial charge in [0.2, 0.25) is 0 Å². The summed E-state index contributed by atoms with van der Waals surface area (Å²) in [5.74, 6) is -0.396. The van der Waals surface area contributed by atoms with Crippen LogP contribution in [0.25, 0.3) is 10.2 Å². The minimum atomic E-state index is -0.396. The lowest BCUT2D eigenvalue weighted by molar-refractivity contribution is 0.0993. The van der Waals surface area contributed by atoms with E-state index in [1.807, 2.05) is 28.8 Å². The van der Waals surface area contributed by atoms with Gasteiger partial charge in [-0.15, -0.1) is 6.58 Å². The summed E-state index contributed by atoms with van der Waals surface area (Å²) < 4.78 is 3.03. The molecule has 0 radical (unpaired) electrons. The second kappa shape index (κ2) is 5.80. The number of thiazole rings is 1. The molecule has 0 aliphatic rings. The molecule has 3 aromatic rings. The van der Waals surface area contributed by atoms with Crippen LogP contribution < -0.4 is 4.80 Å². The molecule has 0 saturated heterocycles. The van der Waals surface area contributed by atoms with Crippen molar-refractivity contribution in [2.45, 2.75) is 6.54 Å². The monoisotopic (exact) mass is 296 g/mol. The molecule has 0 saturated carbocycles. The molecule has 2 aromatic heterocycles. The maximum absolute atomic E-state index is 12.1. The lowest BCUT2D eigenvalue weighted by atomic mass is 10.3. The highest BCUT2D eigenvalue weighted by Crippen LogP contribution is 2.16. The number of hydrogen-bond donors (Lipinski definition) is 0. The molecule has 104 valence electrons. The highest BCUT2D eigenvalue weighted by atomic mass is 32.1. The minimum absolute atomic E-state index is 0.236. The Morgan fingerprint density at radius 3 is 3.00 bits per heavy atom. The predicted molar refractivity (Wildman–Crippen MR) is 81.9 cm³/mol. The Kier molecular flexibility index (Phi) is 3.70. The first kappa shape index (κ1) is 13.4. The van der Waals surface area contributed by atoms with Gasteiger partial charge in [0.25, 0.3) is 5.91 Å². The summed E-state index contributed by atoms with van der Waals surface area (Å²) in [7, 11) is 0. The summed E-state index contributed by atoms with van der Waals surface area (Å²) in [6, 6.07) is 7.93. The molecule has 0 bridgehead atoms. The largest absolute Gasteiger partial charge is 0.312 e. The Bertz CT molecular complexity index is 864. The van der Waals surface area contributed by atoms with E-state index < -0.39 is 5.91 Å². The maximum atomic E-state index is 12.1. The molecule has 0 aliphatic carbocycles. The topological polar surface area (TPSA) is 60.1 Å². The first-order valence-corrected chi connectivity index (χ1v) is 7.15. The predicted octanol–water partition coefficient (Wildman–Crippen LogP) is 2.42. The van der Waals surface area contributed by atoms with Crippen molar-refractivity contribution in [3.8, 4) is 0 Å². The van der Waals surface area contributed by atoms with E-state index in [0.29, 0.717) is 11.3 Å². The third-order valence-corrected chi connectivity index (χ3v) is 3.94. The van der Waals surface area contributed by atoms with Crippen LogP contribution in [0, 0.1) is 0 Å². The number of nitrogens with zero attached hydrogens (tertiary/aromatic N) is 4. The smallest absolute Gasteiger partial charge is 0.299 e. The van der Waals surface area contributed by atoms with Crippen LogP contribution in [0.5, 0.6) is 0 Å². The Morgan fingerprint density at radius 2 is 2.24 bits per heavy atom. The Hall–Kier alpha value is -2.60. The van der Waals surface area contributed by atoms with Crippen LogP contribution in [0.4, 0.5) is 0 Å². The van der Waals surface area contributed by atoms with Crippen LogP contribution in [-0.4, -0.2) is 20.4 Å². The lowest BCUT2D eigenvalue weighted by Gasteiger charge is -2.00. The van der Waals surface area contributed by atoms with E-state index >= 15 is 0 Å². The van der Waals surface area contributed by atoms with E-state index in [9.17, 15) is 4.79 Å². The summed E-state index contributed by atoms with van der Waals surface area (Å²) in [5, 5.41) is 0. The van der Waals surface area contributed by atoms with Gasteiger partial charge in [0.1, 0.15) is 5.69 Å². The SMILES string of the molecule is C=CCn1c(=NC(=O)c2cnccn2)sc2ccccc21. The highest BCUT2D eigenvalue weighted by Gasteiger charge is 2.09. The fourth-order valence-electron chi connectivity index (χ4n) is 1.97. The van der Waals surface area contributed by atoms with Gasteiger partial charge in [-0.2, -0.15) is 4.99 Å². The summed E-state index contributed by atoms with van der Waals surface area (Å²) in [5.41, 5.74) is 1.27. The molecule has 0 unspecified atom stereocenters. The summed E-state index contributed by atoms with van der Waals surface area (Å²) in [6.07, 6.45) is 6.20. The number of aromatic nitrogens is 3. The number of amides is 1. The zero-order valence-corrected chi connectivity index (χ0v) is 12.0. The fourth-order valence-corrected chi connectivity index (χ4v) is 3.00. The molecule has 1 amide bonds. The quantitative estimate of drug-likeness (QED) is 0.697. The zero-order valence-electron chi connectivity index (χ0n) is 11.1. The van der Waals surface area contributed by atoms with Gasteiger partial charge in [0.15, 0.2) is 4.80 Å². The van der Waals surface area contributed by atoms with Gasteiger partial charge in [-0.05, 0) is 12.1 Å². The first-order valence-electron chi connectivity index (χ1n) is 6.34. The summed E-state index contributed by atoms with van der Waals surface area (Å²) in [6.45, 7) is 4.35. The molecule has 0 spiro atoms. The molecule has 6 heteroatoms. The second-order valence-corrected chi connectivity index (χ2v) is 5.27. The highest BCUT2D eigenvalue weighted by molar-refractivity contribution is 7.16. The van der Waals surface area contributed by atoms with Crippen molar-refractivity contribution in [2.24, 2.45) is 4.99 Å². The van der Waals surface area contributed by atoms with Crippen LogP contribution >= 0.6 is 11.3 Å². The third kappa shape index (κ3) is 2.66. The van der Waals surface area contributed by atoms with Crippen molar-refractivity contribution in [1.82, 2.24) is 14.5 Å². The number of carbonyl (C=O) groups excluding carboxylic acids is 1. The van der Waals surface area contributed by atoms with Gasteiger partial charge < -0.3 is 4.57 Å². The molecule has 1 aromatic carbocycles. The maximum Gasteiger partial charge on any atom is 0.299 e. The van der Waals surface area contributed by atoms with E-state index in [1.165, 1.54) is 29.9 Å². The Morgan fingerprint density at radius 1 is 1.38 bits per heavy atom. The molecule has 0 aliphatic heterocycles. The summed E-state index contributed by atoms with van der Waals surface area (Å²) >= 11 is 1.47. The number of para-hydroxylation sites is 1. The standard InChI is InChI=1S/C15H12N4OS/c1-2-9-19-12-5-3-4-6-13(12)21-15(19)18-14(20)11-10-16-7-8-17-11/h2-8,10H,1,9H2. The number of benzene rings is 1. The molecule has 3 rings (SSSR count). The molecule has 21 heavy (non-hydrogen) atoms. The average Bonchev–Trinajstić information content (AvgIpc) is 2.86. The van der Waals surface area contributed by atoms with Gasteiger partial charge in [-0.3, -0.25) is 9.78 Å². The van der Waals surface area contributed by atoms with Crippen molar-refractivity contribution >= 4 is 27.5 Å². The molecule has 2 heterocycles. The van der Waals surface area contributed by atoms with Gasteiger partial charge >= 0.3 is 0 Å². The lowest BCUT2D eigenvalue weighted by Crippen LogP contribution is -2.16. The average molecular weight is 296 g/mol. The Labute approximate surface area is 125 Å². The third-order valence-electron chi connectivity index (χ3n) is 2.88. The number of carbonyl (C=O) groups is 1. The molecule has 5 nitrogen and oxygen atoms in total. The van der Waals surface area contributed by atoms with E-state index in [0.717, 1.165) is 10.2 Å². The number of allylic oxidation sites excluding steroid dienone is 1. The number of rotatable bonds is 3. The number of hydrogen-bond acceptors (Lipinski definition) is 4. The van der Waals surface area contributed by atoms with Crippen LogP contribution in [0.3, 0.4) is 0 Å². The molecule has 0 fully saturated rings. The van der Waals surface area contributed by atoms with Crippen LogP contribution in [0.15, 0.2) is 60.5 Å². The van der Waals surface area contributed by atoms with Crippen molar-refractivity contribution in [1.29, 1.82) is 0 Å². The first-order chi connectivity index (χ1) is 10.3. The van der Waals surface area contributed by atoms with Gasteiger partial charge in [-0.25, -0.2) is 4.98 Å². The van der Waals surface area contributed by atoms with Crippen molar-refractivity contribution in [2.75, 3.05) is 0 Å². The molecule has 0 atom stereocenters. The van der Waals surface area contributed by atoms with Crippen molar-refractivity contribution in [3.05, 3.63) is 66.0 Å². The molecule has 0 N–H and O–H groups in total. The van der Waals surface area contributed by atoms with Crippen LogP contribution in [0.1, 0.15) is 10.5 Å². The number of fused-ring (bicyclic) bond motifs is 1. The zero-order chi connectivity index (χ0) is 14.7. The van der Waals surface area contributed by atoms with Crippen LogP contribution in [-0.2, 0) is 6.54 Å². The second-order valence-electron chi connectivity index (χ2n) is 4.26. The summed E-state index contributed by atoms with van der Waals surface area (Å²) in [4.78, 5) is 24.8. The van der Waals surface area contributed by atoms with Gasteiger partial charge in [0, 0.05) is 18.9 Å². The minimum Gasteiger partial charge on any atom is -0.312 e. The van der Waals surface area contributed by atoms with Gasteiger partial charge in [-0.1, -0.05) is 29.5 Å².